The first kappa shape index (κ1) is 20.2. The fourth-order valence-electron chi connectivity index (χ4n) is 6.40. The van der Waals surface area contributed by atoms with Crippen LogP contribution in [0.4, 0.5) is 0 Å². The van der Waals surface area contributed by atoms with Crippen LogP contribution < -0.4 is 10.1 Å². The Morgan fingerprint density at radius 3 is 2.56 bits per heavy atom. The maximum atomic E-state index is 13.3. The SMILES string of the molecule is COc1ccc(C2(c3noc([C@H]4[C@@H]5CC[C@@H](C5)[C@@H]4C(=O)NC4CCOCC4)n3)CC2)cc1. The number of benzene rings is 1. The Bertz CT molecular complexity index is 977. The third-order valence-corrected chi connectivity index (χ3v) is 8.33. The van der Waals surface area contributed by atoms with Gasteiger partial charge in [0.25, 0.3) is 0 Å². The molecule has 1 N–H and O–H groups in total. The summed E-state index contributed by atoms with van der Waals surface area (Å²) in [5.74, 6) is 3.33. The number of ether oxygens (including phenoxy) is 2. The second kappa shape index (κ2) is 7.87. The zero-order valence-corrected chi connectivity index (χ0v) is 18.6. The smallest absolute Gasteiger partial charge is 0.230 e. The predicted molar refractivity (Wildman–Crippen MR) is 116 cm³/mol. The molecule has 32 heavy (non-hydrogen) atoms. The number of methoxy groups -OCH3 is 1. The largest absolute Gasteiger partial charge is 0.497 e. The van der Waals surface area contributed by atoms with Crippen molar-refractivity contribution in [3.63, 3.8) is 0 Å². The Hall–Kier alpha value is -2.41. The maximum absolute atomic E-state index is 13.3. The number of carbonyl (C=O) groups is 1. The molecule has 0 spiro atoms. The first-order chi connectivity index (χ1) is 15.7. The summed E-state index contributed by atoms with van der Waals surface area (Å²) in [4.78, 5) is 18.3. The minimum Gasteiger partial charge on any atom is -0.497 e. The highest BCUT2D eigenvalue weighted by Gasteiger charge is 2.55. The van der Waals surface area contributed by atoms with Crippen LogP contribution in [0.2, 0.25) is 0 Å². The van der Waals surface area contributed by atoms with E-state index < -0.39 is 0 Å². The van der Waals surface area contributed by atoms with Crippen LogP contribution >= 0.6 is 0 Å². The highest BCUT2D eigenvalue weighted by molar-refractivity contribution is 5.81. The molecule has 0 unspecified atom stereocenters. The van der Waals surface area contributed by atoms with Crippen molar-refractivity contribution in [2.24, 2.45) is 17.8 Å². The molecule has 2 heterocycles. The number of carbonyl (C=O) groups excluding carboxylic acids is 1. The van der Waals surface area contributed by atoms with Crippen LogP contribution in [0.25, 0.3) is 0 Å². The van der Waals surface area contributed by atoms with Crippen LogP contribution in [-0.2, 0) is 14.9 Å². The third kappa shape index (κ3) is 3.33. The van der Waals surface area contributed by atoms with Gasteiger partial charge in [-0.1, -0.05) is 17.3 Å². The van der Waals surface area contributed by atoms with Crippen molar-refractivity contribution in [1.82, 2.24) is 15.5 Å². The van der Waals surface area contributed by atoms with E-state index in [0.29, 0.717) is 17.7 Å². The van der Waals surface area contributed by atoms with Gasteiger partial charge in [-0.15, -0.1) is 0 Å². The van der Waals surface area contributed by atoms with E-state index >= 15 is 0 Å². The van der Waals surface area contributed by atoms with E-state index in [2.05, 4.69) is 22.6 Å². The van der Waals surface area contributed by atoms with Crippen LogP contribution in [0.1, 0.15) is 68.1 Å². The van der Waals surface area contributed by atoms with E-state index in [9.17, 15) is 4.79 Å². The lowest BCUT2D eigenvalue weighted by Gasteiger charge is -2.30. The number of nitrogens with one attached hydrogen (secondary N) is 1. The molecule has 0 radical (unpaired) electrons. The number of rotatable bonds is 6. The van der Waals surface area contributed by atoms with Crippen molar-refractivity contribution in [3.8, 4) is 5.75 Å². The van der Waals surface area contributed by atoms with Gasteiger partial charge in [-0.05, 0) is 74.5 Å². The summed E-state index contributed by atoms with van der Waals surface area (Å²) in [5, 5.41) is 7.75. The average Bonchev–Trinajstić information content (AvgIpc) is 3.17. The Labute approximate surface area is 188 Å². The molecular weight excluding hydrogens is 406 g/mol. The number of hydrogen-bond donors (Lipinski definition) is 1. The number of nitrogens with zero attached hydrogens (tertiary/aromatic N) is 2. The molecule has 4 fully saturated rings. The topological polar surface area (TPSA) is 86.5 Å². The fourth-order valence-corrected chi connectivity index (χ4v) is 6.40. The van der Waals surface area contributed by atoms with Gasteiger partial charge in [0.15, 0.2) is 5.82 Å². The molecule has 7 heteroatoms. The number of aromatic nitrogens is 2. The molecule has 1 saturated heterocycles. The second-order valence-electron chi connectivity index (χ2n) is 10.0. The minimum atomic E-state index is -0.161. The van der Waals surface area contributed by atoms with Crippen LogP contribution in [-0.4, -0.2) is 42.4 Å². The highest BCUT2D eigenvalue weighted by atomic mass is 16.5. The first-order valence-corrected chi connectivity index (χ1v) is 12.0. The summed E-state index contributed by atoms with van der Waals surface area (Å²) in [6.45, 7) is 1.46. The van der Waals surface area contributed by atoms with E-state index in [4.69, 9.17) is 19.0 Å². The van der Waals surface area contributed by atoms with Crippen molar-refractivity contribution < 1.29 is 18.8 Å². The van der Waals surface area contributed by atoms with Gasteiger partial charge in [0.1, 0.15) is 5.75 Å². The molecule has 170 valence electrons. The molecule has 4 aliphatic rings. The molecule has 3 saturated carbocycles. The Kier molecular flexibility index (Phi) is 4.97. The van der Waals surface area contributed by atoms with E-state index in [1.54, 1.807) is 7.11 Å². The summed E-state index contributed by atoms with van der Waals surface area (Å²) in [5.41, 5.74) is 1.04. The van der Waals surface area contributed by atoms with Crippen molar-refractivity contribution >= 4 is 5.91 Å². The van der Waals surface area contributed by atoms with Crippen molar-refractivity contribution in [3.05, 3.63) is 41.5 Å². The van der Waals surface area contributed by atoms with Gasteiger partial charge in [0.2, 0.25) is 11.8 Å². The van der Waals surface area contributed by atoms with Gasteiger partial charge < -0.3 is 19.3 Å². The maximum Gasteiger partial charge on any atom is 0.230 e. The Morgan fingerprint density at radius 1 is 1.09 bits per heavy atom. The lowest BCUT2D eigenvalue weighted by Crippen LogP contribution is -2.44. The summed E-state index contributed by atoms with van der Waals surface area (Å²) in [7, 11) is 1.68. The lowest BCUT2D eigenvalue weighted by atomic mass is 9.78. The number of fused-ring (bicyclic) bond motifs is 2. The minimum absolute atomic E-state index is 0.0431. The molecule has 1 aromatic carbocycles. The quantitative estimate of drug-likeness (QED) is 0.743. The van der Waals surface area contributed by atoms with Crippen LogP contribution in [0.3, 0.4) is 0 Å². The number of hydrogen-bond acceptors (Lipinski definition) is 6. The summed E-state index contributed by atoms with van der Waals surface area (Å²) in [6.07, 6.45) is 7.20. The molecule has 1 aromatic heterocycles. The van der Waals surface area contributed by atoms with Gasteiger partial charge in [-0.25, -0.2) is 0 Å². The van der Waals surface area contributed by atoms with Crippen LogP contribution in [0.5, 0.6) is 5.75 Å². The van der Waals surface area contributed by atoms with Crippen molar-refractivity contribution in [2.45, 2.75) is 62.3 Å². The van der Waals surface area contributed by atoms with E-state index in [1.807, 2.05) is 12.1 Å². The second-order valence-corrected chi connectivity index (χ2v) is 10.0. The molecule has 1 aliphatic heterocycles. The van der Waals surface area contributed by atoms with Crippen LogP contribution in [0, 0.1) is 17.8 Å². The highest BCUT2D eigenvalue weighted by Crippen LogP contribution is 2.58. The molecule has 7 nitrogen and oxygen atoms in total. The third-order valence-electron chi connectivity index (χ3n) is 8.33. The van der Waals surface area contributed by atoms with E-state index in [-0.39, 0.29) is 29.2 Å². The Balaban J connectivity index is 1.24. The van der Waals surface area contributed by atoms with Crippen molar-refractivity contribution in [2.75, 3.05) is 20.3 Å². The normalized spacial score (nSPS) is 30.9. The van der Waals surface area contributed by atoms with Crippen LogP contribution in [0.15, 0.2) is 28.8 Å². The van der Waals surface area contributed by atoms with E-state index in [0.717, 1.165) is 69.7 Å². The zero-order valence-electron chi connectivity index (χ0n) is 18.6. The molecule has 2 bridgehead atoms. The predicted octanol–water partition coefficient (Wildman–Crippen LogP) is 3.58. The summed E-state index contributed by atoms with van der Waals surface area (Å²) >= 11 is 0. The zero-order chi connectivity index (χ0) is 21.7. The molecule has 2 aromatic rings. The van der Waals surface area contributed by atoms with E-state index in [1.165, 1.54) is 5.56 Å². The standard InChI is InChI=1S/C25H31N3O4/c1-30-19-6-4-17(5-7-19)25(10-11-25)24-27-23(32-28-24)21-16-3-2-15(14-16)20(21)22(29)26-18-8-12-31-13-9-18/h4-7,15-16,18,20-21H,2-3,8-14H2,1H3,(H,26,29)/t15-,16+,20-,21-/m0/s1. The average molecular weight is 438 g/mol. The fraction of sp³-hybridized carbons (Fsp3) is 0.640. The monoisotopic (exact) mass is 437 g/mol. The van der Waals surface area contributed by atoms with Gasteiger partial charge in [0, 0.05) is 19.3 Å². The lowest BCUT2D eigenvalue weighted by molar-refractivity contribution is -0.128. The molecule has 6 rings (SSSR count). The molecule has 4 atom stereocenters. The van der Waals surface area contributed by atoms with Gasteiger partial charge in [-0.3, -0.25) is 4.79 Å². The Morgan fingerprint density at radius 2 is 1.84 bits per heavy atom. The van der Waals surface area contributed by atoms with Gasteiger partial charge >= 0.3 is 0 Å². The summed E-state index contributed by atoms with van der Waals surface area (Å²) in [6, 6.07) is 8.40. The molecule has 1 amide bonds. The summed E-state index contributed by atoms with van der Waals surface area (Å²) < 4.78 is 16.6. The van der Waals surface area contributed by atoms with Gasteiger partial charge in [-0.2, -0.15) is 4.98 Å². The molecule has 3 aliphatic carbocycles. The molecular formula is C25H31N3O4. The van der Waals surface area contributed by atoms with Crippen molar-refractivity contribution in [1.29, 1.82) is 0 Å². The first-order valence-electron chi connectivity index (χ1n) is 12.0. The number of amides is 1. The van der Waals surface area contributed by atoms with Gasteiger partial charge in [0.05, 0.1) is 24.4 Å².